The summed E-state index contributed by atoms with van der Waals surface area (Å²) in [5.74, 6) is -1.74. The quantitative estimate of drug-likeness (QED) is 0.192. The highest BCUT2D eigenvalue weighted by Crippen LogP contribution is 2.54. The van der Waals surface area contributed by atoms with Crippen molar-refractivity contribution >= 4 is 78.4 Å². The Morgan fingerprint density at radius 3 is 1.72 bits per heavy atom. The van der Waals surface area contributed by atoms with E-state index in [0.29, 0.717) is 5.56 Å². The predicted molar refractivity (Wildman–Crippen MR) is 109 cm³/mol. The minimum atomic E-state index is -0.923. The van der Waals surface area contributed by atoms with Crippen LogP contribution >= 0.6 is 60.7 Å². The van der Waals surface area contributed by atoms with Gasteiger partial charge in [0.25, 0.3) is 0 Å². The van der Waals surface area contributed by atoms with Crippen molar-refractivity contribution in [2.75, 3.05) is 5.32 Å². The summed E-state index contributed by atoms with van der Waals surface area (Å²) in [6.45, 7) is 0. The summed E-state index contributed by atoms with van der Waals surface area (Å²) in [6, 6.07) is 3.69. The maximum absolute atomic E-state index is 13.4. The summed E-state index contributed by atoms with van der Waals surface area (Å²) in [5, 5.41) is 20.8. The van der Waals surface area contributed by atoms with Gasteiger partial charge in [0.2, 0.25) is 5.91 Å². The van der Waals surface area contributed by atoms with Crippen molar-refractivity contribution in [2.24, 2.45) is 0 Å². The normalized spacial score (nSPS) is 11.2. The highest BCUT2D eigenvalue weighted by molar-refractivity contribution is 8.00. The molecule has 0 unspecified atom stereocenters. The van der Waals surface area contributed by atoms with Crippen molar-refractivity contribution in [3.05, 3.63) is 29.8 Å². The zero-order valence-corrected chi connectivity index (χ0v) is 17.7. The summed E-state index contributed by atoms with van der Waals surface area (Å²) in [7, 11) is 0. The van der Waals surface area contributed by atoms with Crippen LogP contribution in [0.1, 0.15) is 5.56 Å². The first-order valence-corrected chi connectivity index (χ1v) is 10.7. The summed E-state index contributed by atoms with van der Waals surface area (Å²) >= 11 is -2.88. The smallest absolute Gasteiger partial charge is 0.248 e. The van der Waals surface area contributed by atoms with Crippen LogP contribution in [0.4, 0.5) is 25.1 Å². The number of nitrogens with one attached hydrogen (secondary N) is 1. The minimum absolute atomic E-state index is 0.305. The molecule has 14 heteroatoms. The molecule has 0 aromatic heterocycles. The number of phenolic OH excluding ortho intramolecular Hbond substituents is 2. The molecule has 0 spiro atoms. The Morgan fingerprint density at radius 2 is 1.28 bits per heavy atom. The maximum Gasteiger partial charge on any atom is 0.248 e. The number of benzene rings is 2. The van der Waals surface area contributed by atoms with Crippen molar-refractivity contribution in [1.82, 2.24) is 0 Å². The number of phenols is 2. The molecule has 0 aliphatic rings. The van der Waals surface area contributed by atoms with Gasteiger partial charge < -0.3 is 15.5 Å². The van der Waals surface area contributed by atoms with Crippen LogP contribution in [-0.2, 0) is 4.79 Å². The van der Waals surface area contributed by atoms with E-state index in [4.69, 9.17) is 0 Å². The molecular formula is C15H8F5NO3S5. The van der Waals surface area contributed by atoms with Gasteiger partial charge in [-0.25, -0.2) is 0 Å². The molecule has 0 bridgehead atoms. The van der Waals surface area contributed by atoms with E-state index in [-0.39, 0.29) is 5.75 Å². The van der Waals surface area contributed by atoms with E-state index in [1.54, 1.807) is 0 Å². The third kappa shape index (κ3) is 5.42. The van der Waals surface area contributed by atoms with Gasteiger partial charge in [0.05, 0.1) is 90.9 Å². The average Bonchev–Trinajstić information content (AvgIpc) is 2.73. The van der Waals surface area contributed by atoms with Crippen LogP contribution < -0.4 is 5.32 Å². The zero-order valence-electron chi connectivity index (χ0n) is 13.6. The Balaban J connectivity index is 2.45. The average molecular weight is 506 g/mol. The van der Waals surface area contributed by atoms with Crippen molar-refractivity contribution in [1.29, 1.82) is 0 Å². The number of amides is 1. The van der Waals surface area contributed by atoms with Gasteiger partial charge in [0.15, 0.2) is 11.5 Å². The zero-order chi connectivity index (χ0) is 21.6. The maximum atomic E-state index is 13.4. The SMILES string of the molecule is O=C(C=Cc1ccc(O)c(O)c1)Nc1c(SF)c(SF)c(SF)c(SF)c1SF. The Morgan fingerprint density at radius 1 is 0.793 bits per heavy atom. The fourth-order valence-corrected chi connectivity index (χ4v) is 4.94. The van der Waals surface area contributed by atoms with Crippen LogP contribution in [0.3, 0.4) is 0 Å². The lowest BCUT2D eigenvalue weighted by Gasteiger charge is -2.17. The Labute approximate surface area is 183 Å². The van der Waals surface area contributed by atoms with Crippen molar-refractivity contribution in [2.45, 2.75) is 24.5 Å². The van der Waals surface area contributed by atoms with E-state index in [1.165, 1.54) is 18.2 Å². The number of carbonyl (C=O) groups excluding carboxylic acids is 1. The lowest BCUT2D eigenvalue weighted by atomic mass is 10.2. The monoisotopic (exact) mass is 505 g/mol. The third-order valence-electron chi connectivity index (χ3n) is 3.34. The number of anilines is 1. The predicted octanol–water partition coefficient (Wildman–Crippen LogP) is 7.63. The lowest BCUT2D eigenvalue weighted by molar-refractivity contribution is -0.111. The molecule has 2 aromatic carbocycles. The number of hydrogen-bond acceptors (Lipinski definition) is 8. The van der Waals surface area contributed by atoms with Gasteiger partial charge in [0.1, 0.15) is 0 Å². The van der Waals surface area contributed by atoms with Crippen LogP contribution in [0.5, 0.6) is 11.5 Å². The van der Waals surface area contributed by atoms with Gasteiger partial charge in [-0.15, -0.1) is 0 Å². The van der Waals surface area contributed by atoms with Crippen LogP contribution in [0, 0.1) is 0 Å². The second-order valence-corrected chi connectivity index (χ2v) is 7.79. The molecule has 0 heterocycles. The highest BCUT2D eigenvalue weighted by atomic mass is 32.2. The molecule has 1 amide bonds. The molecule has 0 fully saturated rings. The highest BCUT2D eigenvalue weighted by Gasteiger charge is 2.28. The fourth-order valence-electron chi connectivity index (χ4n) is 2.09. The number of hydrogen-bond donors (Lipinski definition) is 3. The summed E-state index contributed by atoms with van der Waals surface area (Å²) < 4.78 is 66.6. The van der Waals surface area contributed by atoms with Gasteiger partial charge in [-0.3, -0.25) is 4.79 Å². The van der Waals surface area contributed by atoms with Crippen molar-refractivity contribution in [3.63, 3.8) is 0 Å². The van der Waals surface area contributed by atoms with Gasteiger partial charge in [-0.2, -0.15) is 19.4 Å². The van der Waals surface area contributed by atoms with E-state index in [0.717, 1.165) is 12.1 Å². The van der Waals surface area contributed by atoms with Gasteiger partial charge >= 0.3 is 0 Å². The first-order chi connectivity index (χ1) is 13.9. The van der Waals surface area contributed by atoms with Gasteiger partial charge in [-0.05, 0) is 23.8 Å². The number of carbonyl (C=O) groups is 1. The van der Waals surface area contributed by atoms with Crippen LogP contribution in [-0.4, -0.2) is 16.1 Å². The topological polar surface area (TPSA) is 69.6 Å². The van der Waals surface area contributed by atoms with Crippen LogP contribution in [0.15, 0.2) is 48.8 Å². The van der Waals surface area contributed by atoms with Crippen LogP contribution in [0.2, 0.25) is 0 Å². The molecule has 2 aromatic rings. The van der Waals surface area contributed by atoms with Crippen molar-refractivity contribution < 1.29 is 34.4 Å². The van der Waals surface area contributed by atoms with Crippen molar-refractivity contribution in [3.8, 4) is 11.5 Å². The largest absolute Gasteiger partial charge is 0.504 e. The Bertz CT molecular complexity index is 914. The third-order valence-corrected chi connectivity index (χ3v) is 6.67. The molecule has 3 N–H and O–H groups in total. The molecule has 4 nitrogen and oxygen atoms in total. The molecular weight excluding hydrogens is 497 g/mol. The first-order valence-electron chi connectivity index (χ1n) is 7.09. The van der Waals surface area contributed by atoms with Gasteiger partial charge in [-0.1, -0.05) is 6.07 Å². The standard InChI is InChI=1S/C15H8F5NO3S5/c16-25-11-10(12(26-17)14(28-19)15(29-20)13(11)27-18)21-9(24)4-2-6-1-3-7(22)8(23)5-6/h1-5,22-23H,(H,21,24). The minimum Gasteiger partial charge on any atom is -0.504 e. The molecule has 0 atom stereocenters. The number of rotatable bonds is 8. The molecule has 0 radical (unpaired) electrons. The molecule has 29 heavy (non-hydrogen) atoms. The fraction of sp³-hybridized carbons (Fsp3) is 0. The number of halogens is 5. The molecule has 0 aliphatic heterocycles. The van der Waals surface area contributed by atoms with E-state index >= 15 is 0 Å². The van der Waals surface area contributed by atoms with E-state index in [1.807, 2.05) is 0 Å². The van der Waals surface area contributed by atoms with E-state index < -0.39 is 103 Å². The summed E-state index contributed by atoms with van der Waals surface area (Å²) in [5.41, 5.74) is -0.258. The van der Waals surface area contributed by atoms with Gasteiger partial charge in [0, 0.05) is 6.08 Å². The van der Waals surface area contributed by atoms with Crippen LogP contribution in [0.25, 0.3) is 6.08 Å². The lowest BCUT2D eigenvalue weighted by Crippen LogP contribution is -2.11. The van der Waals surface area contributed by atoms with E-state index in [9.17, 15) is 34.4 Å². The molecule has 0 saturated heterocycles. The number of aromatic hydroxyl groups is 2. The molecule has 0 aliphatic carbocycles. The Kier molecular flexibility index (Phi) is 9.20. The molecule has 2 rings (SSSR count). The molecule has 156 valence electrons. The first kappa shape index (κ1) is 23.9. The Hall–Kier alpha value is -1.35. The molecule has 0 saturated carbocycles. The summed E-state index contributed by atoms with van der Waals surface area (Å²) in [4.78, 5) is 8.97. The second-order valence-electron chi connectivity index (χ2n) is 4.98. The second kappa shape index (κ2) is 11.2. The summed E-state index contributed by atoms with van der Waals surface area (Å²) in [6.07, 6.45) is 2.13. The van der Waals surface area contributed by atoms with E-state index in [2.05, 4.69) is 5.32 Å².